The lowest BCUT2D eigenvalue weighted by atomic mass is 9.76. The molecule has 0 saturated heterocycles. The van der Waals surface area contributed by atoms with Crippen LogP contribution in [0, 0.1) is 13.8 Å². The number of ether oxygens (including phenoxy) is 1. The van der Waals surface area contributed by atoms with Crippen LogP contribution in [0.1, 0.15) is 69.8 Å². The summed E-state index contributed by atoms with van der Waals surface area (Å²) in [6, 6.07) is 20.2. The molecular weight excluding hydrogens is 772 g/mol. The van der Waals surface area contributed by atoms with Crippen LogP contribution in [0.4, 0.5) is 26.3 Å². The van der Waals surface area contributed by atoms with Crippen molar-refractivity contribution < 1.29 is 70.5 Å². The van der Waals surface area contributed by atoms with Crippen LogP contribution in [0.15, 0.2) is 72.9 Å². The number of amides is 3. The lowest BCUT2D eigenvalue weighted by Gasteiger charge is -2.40. The summed E-state index contributed by atoms with van der Waals surface area (Å²) in [4.78, 5) is 64.7. The molecule has 4 aromatic rings. The summed E-state index contributed by atoms with van der Waals surface area (Å²) >= 11 is 0. The summed E-state index contributed by atoms with van der Waals surface area (Å²) in [5.74, 6) is -6.08. The maximum Gasteiger partial charge on any atom is 0.490 e. The van der Waals surface area contributed by atoms with Crippen LogP contribution in [0.2, 0.25) is 0 Å². The fourth-order valence-electron chi connectivity index (χ4n) is 5.62. The van der Waals surface area contributed by atoms with E-state index in [-0.39, 0.29) is 24.3 Å². The number of carboxylic acid groups (broad SMARTS) is 2. The summed E-state index contributed by atoms with van der Waals surface area (Å²) < 4.78 is 69.5. The highest BCUT2D eigenvalue weighted by atomic mass is 19.4. The van der Waals surface area contributed by atoms with E-state index in [4.69, 9.17) is 24.5 Å². The first-order chi connectivity index (χ1) is 26.6. The standard InChI is InChI=1S/C33H35N5O5.2C2HF3O2/c1-21-13-16-34-29(17-21)32(41)36-25-11-14-33(15-12-25,19-30(39)38-42)37-31(40)23-7-9-26(10-8-23)43-20-24-18-22(2)35-28-6-4-3-5-27(24)28;2*3-2(4,5)1(6)7/h3-10,13,16-18,25,42H,11-12,14-15,19-20H2,1-2H3,(H,36,41)(H,37,40)(H,38,39);2*(H,6,7). The van der Waals surface area contributed by atoms with Crippen molar-refractivity contribution in [3.05, 3.63) is 101 Å². The van der Waals surface area contributed by atoms with Gasteiger partial charge in [-0.05, 0) is 93.6 Å². The topological polar surface area (TPSA) is 217 Å². The molecule has 2 aromatic carbocycles. The number of pyridine rings is 2. The van der Waals surface area contributed by atoms with Gasteiger partial charge in [0, 0.05) is 40.0 Å². The number of aliphatic carboxylic acids is 2. The van der Waals surface area contributed by atoms with Crippen LogP contribution in [-0.2, 0) is 21.0 Å². The minimum atomic E-state index is -5.08. The number of carbonyl (C=O) groups is 5. The summed E-state index contributed by atoms with van der Waals surface area (Å²) in [6.45, 7) is 4.20. The van der Waals surface area contributed by atoms with E-state index >= 15 is 0 Å². The van der Waals surface area contributed by atoms with E-state index in [0.29, 0.717) is 49.3 Å². The first kappa shape index (κ1) is 45.1. The average Bonchev–Trinajstić information content (AvgIpc) is 3.14. The SMILES string of the molecule is Cc1ccnc(C(=O)NC2CCC(CC(=O)NO)(NC(=O)c3ccc(OCc4cc(C)nc5ccccc45)cc3)CC2)c1.O=C(O)C(F)(F)F.O=C(O)C(F)(F)F. The molecule has 5 rings (SSSR count). The number of nitrogens with zero attached hydrogens (tertiary/aromatic N) is 2. The van der Waals surface area contributed by atoms with Crippen molar-refractivity contribution in [2.45, 2.75) is 76.5 Å². The number of carboxylic acids is 2. The molecule has 0 spiro atoms. The molecule has 1 saturated carbocycles. The number of hydroxylamine groups is 1. The number of rotatable bonds is 9. The first-order valence-corrected chi connectivity index (χ1v) is 16.8. The number of hydrogen-bond donors (Lipinski definition) is 6. The van der Waals surface area contributed by atoms with Crippen molar-refractivity contribution in [3.63, 3.8) is 0 Å². The molecule has 2 heterocycles. The molecule has 0 bridgehead atoms. The Balaban J connectivity index is 0.000000531. The lowest BCUT2D eigenvalue weighted by molar-refractivity contribution is -0.193. The molecule has 1 aliphatic rings. The van der Waals surface area contributed by atoms with Crippen molar-refractivity contribution in [3.8, 4) is 5.75 Å². The molecule has 6 N–H and O–H groups in total. The molecule has 306 valence electrons. The number of aryl methyl sites for hydroxylation is 2. The molecule has 1 fully saturated rings. The minimum Gasteiger partial charge on any atom is -0.489 e. The Bertz CT molecular complexity index is 2030. The Morgan fingerprint density at radius 1 is 0.842 bits per heavy atom. The fourth-order valence-corrected chi connectivity index (χ4v) is 5.62. The Morgan fingerprint density at radius 3 is 1.96 bits per heavy atom. The third-order valence-corrected chi connectivity index (χ3v) is 8.35. The van der Waals surface area contributed by atoms with Crippen LogP contribution < -0.4 is 20.9 Å². The molecule has 3 amide bonds. The summed E-state index contributed by atoms with van der Waals surface area (Å²) in [5.41, 5.74) is 5.37. The molecule has 20 heteroatoms. The number of para-hydroxylation sites is 1. The molecule has 0 atom stereocenters. The third-order valence-electron chi connectivity index (χ3n) is 8.35. The van der Waals surface area contributed by atoms with Gasteiger partial charge >= 0.3 is 24.3 Å². The van der Waals surface area contributed by atoms with E-state index in [0.717, 1.165) is 27.7 Å². The summed E-state index contributed by atoms with van der Waals surface area (Å²) in [6.07, 6.45) is -6.67. The highest BCUT2D eigenvalue weighted by molar-refractivity contribution is 5.95. The Morgan fingerprint density at radius 2 is 1.42 bits per heavy atom. The smallest absolute Gasteiger partial charge is 0.489 e. The predicted molar refractivity (Wildman–Crippen MR) is 188 cm³/mol. The molecule has 0 aliphatic heterocycles. The first-order valence-electron chi connectivity index (χ1n) is 16.8. The van der Waals surface area contributed by atoms with Crippen molar-refractivity contribution in [2.24, 2.45) is 0 Å². The second-order valence-corrected chi connectivity index (χ2v) is 12.8. The zero-order valence-electron chi connectivity index (χ0n) is 30.2. The second kappa shape index (κ2) is 19.5. The van der Waals surface area contributed by atoms with Crippen LogP contribution in [0.3, 0.4) is 0 Å². The van der Waals surface area contributed by atoms with Gasteiger partial charge in [-0.15, -0.1) is 0 Å². The second-order valence-electron chi connectivity index (χ2n) is 12.8. The number of alkyl halides is 6. The molecule has 57 heavy (non-hydrogen) atoms. The lowest BCUT2D eigenvalue weighted by Crippen LogP contribution is -2.55. The van der Waals surface area contributed by atoms with Crippen LogP contribution in [0.5, 0.6) is 5.75 Å². The van der Waals surface area contributed by atoms with Gasteiger partial charge in [-0.3, -0.25) is 29.6 Å². The number of hydrogen-bond acceptors (Lipinski definition) is 9. The van der Waals surface area contributed by atoms with Crippen LogP contribution >= 0.6 is 0 Å². The molecule has 0 radical (unpaired) electrons. The minimum absolute atomic E-state index is 0.0875. The third kappa shape index (κ3) is 14.0. The number of benzene rings is 2. The zero-order chi connectivity index (χ0) is 42.6. The Labute approximate surface area is 320 Å². The highest BCUT2D eigenvalue weighted by Gasteiger charge is 2.40. The maximum absolute atomic E-state index is 13.3. The van der Waals surface area contributed by atoms with Gasteiger partial charge in [-0.2, -0.15) is 26.3 Å². The van der Waals surface area contributed by atoms with Crippen molar-refractivity contribution >= 4 is 40.6 Å². The normalized spacial score (nSPS) is 16.4. The highest BCUT2D eigenvalue weighted by Crippen LogP contribution is 2.32. The van der Waals surface area contributed by atoms with Crippen LogP contribution in [0.25, 0.3) is 10.9 Å². The van der Waals surface area contributed by atoms with Gasteiger partial charge in [-0.25, -0.2) is 15.1 Å². The van der Waals surface area contributed by atoms with Crippen LogP contribution in [-0.4, -0.2) is 79.0 Å². The van der Waals surface area contributed by atoms with Crippen molar-refractivity contribution in [1.29, 1.82) is 0 Å². The number of aromatic nitrogens is 2. The van der Waals surface area contributed by atoms with E-state index in [1.54, 1.807) is 42.0 Å². The van der Waals surface area contributed by atoms with Gasteiger partial charge in [0.05, 0.1) is 11.9 Å². The number of halogens is 6. The summed E-state index contributed by atoms with van der Waals surface area (Å²) in [7, 11) is 0. The average molecular weight is 810 g/mol. The molecule has 14 nitrogen and oxygen atoms in total. The van der Waals surface area contributed by atoms with Gasteiger partial charge in [0.25, 0.3) is 11.8 Å². The molecule has 0 unspecified atom stereocenters. The fraction of sp³-hybridized carbons (Fsp3) is 0.324. The predicted octanol–water partition coefficient (Wildman–Crippen LogP) is 5.83. The van der Waals surface area contributed by atoms with Crippen molar-refractivity contribution in [1.82, 2.24) is 26.1 Å². The molecular formula is C37H37F6N5O9. The van der Waals surface area contributed by atoms with Gasteiger partial charge in [0.1, 0.15) is 18.1 Å². The van der Waals surface area contributed by atoms with E-state index in [1.807, 2.05) is 50.2 Å². The maximum atomic E-state index is 13.3. The quantitative estimate of drug-likeness (QED) is 0.0672. The van der Waals surface area contributed by atoms with E-state index in [1.165, 1.54) is 0 Å². The molecule has 2 aromatic heterocycles. The summed E-state index contributed by atoms with van der Waals surface area (Å²) in [5, 5.41) is 30.5. The Hall–Kier alpha value is -6.31. The number of nitrogens with one attached hydrogen (secondary N) is 3. The number of carbonyl (C=O) groups excluding carboxylic acids is 3. The monoisotopic (exact) mass is 809 g/mol. The van der Waals surface area contributed by atoms with E-state index < -0.39 is 35.7 Å². The van der Waals surface area contributed by atoms with Crippen molar-refractivity contribution in [2.75, 3.05) is 0 Å². The van der Waals surface area contributed by atoms with E-state index in [2.05, 4.69) is 20.6 Å². The van der Waals surface area contributed by atoms with Gasteiger partial charge in [-0.1, -0.05) is 18.2 Å². The van der Waals surface area contributed by atoms with E-state index in [9.17, 15) is 45.9 Å². The molecule has 1 aliphatic carbocycles. The van der Waals surface area contributed by atoms with Gasteiger partial charge < -0.3 is 25.6 Å². The zero-order valence-corrected chi connectivity index (χ0v) is 30.2. The Kier molecular flexibility index (Phi) is 15.4. The van der Waals surface area contributed by atoms with Gasteiger partial charge in [0.15, 0.2) is 0 Å². The largest absolute Gasteiger partial charge is 0.490 e. The number of fused-ring (bicyclic) bond motifs is 1. The van der Waals surface area contributed by atoms with Gasteiger partial charge in [0.2, 0.25) is 5.91 Å².